The third-order valence-corrected chi connectivity index (χ3v) is 2.87. The molecule has 0 fully saturated rings. The maximum atomic E-state index is 12.7. The van der Waals surface area contributed by atoms with Gasteiger partial charge in [-0.15, -0.1) is 6.58 Å². The molecule has 88 valence electrons. The van der Waals surface area contributed by atoms with Crippen LogP contribution in [0.5, 0.6) is 0 Å². The van der Waals surface area contributed by atoms with Crippen LogP contribution in [-0.4, -0.2) is 6.18 Å². The van der Waals surface area contributed by atoms with Crippen molar-refractivity contribution in [3.05, 3.63) is 48.6 Å². The van der Waals surface area contributed by atoms with Crippen molar-refractivity contribution in [1.29, 1.82) is 0 Å². The van der Waals surface area contributed by atoms with Gasteiger partial charge in [0.05, 0.1) is 5.41 Å². The maximum Gasteiger partial charge on any atom is 0.397 e. The number of hydrogen-bond acceptors (Lipinski definition) is 0. The smallest absolute Gasteiger partial charge is 0.170 e. The van der Waals surface area contributed by atoms with E-state index in [9.17, 15) is 13.2 Å². The fourth-order valence-electron chi connectivity index (χ4n) is 1.41. The van der Waals surface area contributed by atoms with Gasteiger partial charge in [-0.2, -0.15) is 13.2 Å². The van der Waals surface area contributed by atoms with E-state index >= 15 is 0 Å². The molecule has 0 nitrogen and oxygen atoms in total. The lowest BCUT2D eigenvalue weighted by Crippen LogP contribution is -2.33. The highest BCUT2D eigenvalue weighted by Gasteiger charge is 2.48. The summed E-state index contributed by atoms with van der Waals surface area (Å²) in [5.41, 5.74) is -0.886. The molecule has 0 N–H and O–H groups in total. The third kappa shape index (κ3) is 2.87. The predicted octanol–water partition coefficient (Wildman–Crippen LogP) is 4.37. The van der Waals surface area contributed by atoms with E-state index in [-0.39, 0.29) is 6.42 Å². The van der Waals surface area contributed by atoms with Gasteiger partial charge in [0, 0.05) is 0 Å². The Balaban J connectivity index is 2.70. The molecule has 16 heavy (non-hydrogen) atoms. The third-order valence-electron chi connectivity index (χ3n) is 2.87. The largest absolute Gasteiger partial charge is 0.397 e. The van der Waals surface area contributed by atoms with Crippen molar-refractivity contribution >= 4 is 0 Å². The highest BCUT2D eigenvalue weighted by molar-refractivity contribution is 5.15. The topological polar surface area (TPSA) is 0 Å². The second-order valence-corrected chi connectivity index (χ2v) is 4.10. The van der Waals surface area contributed by atoms with Gasteiger partial charge in [0.2, 0.25) is 0 Å². The highest BCUT2D eigenvalue weighted by Crippen LogP contribution is 2.42. The van der Waals surface area contributed by atoms with Crippen LogP contribution in [0.4, 0.5) is 13.2 Å². The molecular formula is C13H15F3. The van der Waals surface area contributed by atoms with Gasteiger partial charge in [0.1, 0.15) is 0 Å². The molecule has 0 saturated heterocycles. The Morgan fingerprint density at radius 2 is 1.75 bits per heavy atom. The number of alkyl halides is 3. The normalized spacial score (nSPS) is 15.5. The molecule has 0 bridgehead atoms. The van der Waals surface area contributed by atoms with E-state index in [2.05, 4.69) is 6.58 Å². The molecule has 0 aromatic heterocycles. The van der Waals surface area contributed by atoms with E-state index in [4.69, 9.17) is 0 Å². The first-order chi connectivity index (χ1) is 7.39. The fourth-order valence-corrected chi connectivity index (χ4v) is 1.41. The summed E-state index contributed by atoms with van der Waals surface area (Å²) >= 11 is 0. The lowest BCUT2D eigenvalue weighted by atomic mass is 9.83. The molecule has 0 aliphatic heterocycles. The number of allylic oxidation sites excluding steroid dienone is 1. The van der Waals surface area contributed by atoms with Crippen LogP contribution in [0.2, 0.25) is 0 Å². The zero-order chi connectivity index (χ0) is 12.2. The Labute approximate surface area is 93.8 Å². The molecule has 0 spiro atoms. The summed E-state index contributed by atoms with van der Waals surface area (Å²) in [4.78, 5) is 0. The fraction of sp³-hybridized carbons (Fsp3) is 0.385. The molecule has 0 radical (unpaired) electrons. The average molecular weight is 228 g/mol. The molecule has 0 saturated carbocycles. The maximum absolute atomic E-state index is 12.7. The number of halogens is 3. The van der Waals surface area contributed by atoms with Crippen molar-refractivity contribution in [2.45, 2.75) is 25.9 Å². The Hall–Kier alpha value is -1.25. The van der Waals surface area contributed by atoms with E-state index in [1.165, 1.54) is 6.92 Å². The van der Waals surface area contributed by atoms with E-state index in [1.807, 2.05) is 30.3 Å². The number of benzene rings is 1. The summed E-state index contributed by atoms with van der Waals surface area (Å²) in [6.07, 6.45) is -2.80. The van der Waals surface area contributed by atoms with Crippen molar-refractivity contribution in [3.8, 4) is 0 Å². The number of rotatable bonds is 4. The Bertz CT molecular complexity index is 340. The summed E-state index contributed by atoms with van der Waals surface area (Å²) < 4.78 is 38.2. The van der Waals surface area contributed by atoms with E-state index in [0.29, 0.717) is 6.42 Å². The molecule has 0 heterocycles. The Morgan fingerprint density at radius 3 is 2.19 bits per heavy atom. The van der Waals surface area contributed by atoms with Crippen LogP contribution < -0.4 is 0 Å². The van der Waals surface area contributed by atoms with Crippen molar-refractivity contribution in [3.63, 3.8) is 0 Å². The van der Waals surface area contributed by atoms with Gasteiger partial charge in [-0.25, -0.2) is 0 Å². The molecule has 0 aliphatic carbocycles. The zero-order valence-electron chi connectivity index (χ0n) is 9.22. The molecule has 1 unspecified atom stereocenters. The molecule has 1 atom stereocenters. The minimum atomic E-state index is -4.23. The minimum absolute atomic E-state index is 0.0318. The van der Waals surface area contributed by atoms with Crippen LogP contribution in [0.25, 0.3) is 0 Å². The Morgan fingerprint density at radius 1 is 1.19 bits per heavy atom. The lowest BCUT2D eigenvalue weighted by molar-refractivity contribution is -0.201. The highest BCUT2D eigenvalue weighted by atomic mass is 19.4. The van der Waals surface area contributed by atoms with Crippen molar-refractivity contribution < 1.29 is 13.2 Å². The summed E-state index contributed by atoms with van der Waals surface area (Å²) in [6.45, 7) is 4.47. The van der Waals surface area contributed by atoms with E-state index in [0.717, 1.165) is 11.6 Å². The van der Waals surface area contributed by atoms with Crippen LogP contribution in [0, 0.1) is 5.41 Å². The van der Waals surface area contributed by atoms with Gasteiger partial charge in [-0.05, 0) is 25.3 Å². The second-order valence-electron chi connectivity index (χ2n) is 4.10. The van der Waals surface area contributed by atoms with Gasteiger partial charge < -0.3 is 0 Å². The lowest BCUT2D eigenvalue weighted by Gasteiger charge is -2.28. The molecule has 1 rings (SSSR count). The average Bonchev–Trinajstić information content (AvgIpc) is 2.26. The van der Waals surface area contributed by atoms with Crippen molar-refractivity contribution in [2.24, 2.45) is 5.41 Å². The SMILES string of the molecule is C=CC(C)(CCc1ccccc1)C(F)(F)F. The standard InChI is InChI=1S/C13H15F3/c1-3-12(2,13(14,15)16)10-9-11-7-5-4-6-8-11/h3-8H,1,9-10H2,2H3. The summed E-state index contributed by atoms with van der Waals surface area (Å²) in [6, 6.07) is 9.17. The first kappa shape index (κ1) is 12.8. The first-order valence-corrected chi connectivity index (χ1v) is 5.13. The summed E-state index contributed by atoms with van der Waals surface area (Å²) in [5.74, 6) is 0. The van der Waals surface area contributed by atoms with E-state index in [1.54, 1.807) is 0 Å². The zero-order valence-corrected chi connectivity index (χ0v) is 9.22. The summed E-state index contributed by atoms with van der Waals surface area (Å²) in [5, 5.41) is 0. The molecule has 0 amide bonds. The van der Waals surface area contributed by atoms with Gasteiger partial charge in [0.25, 0.3) is 0 Å². The number of aryl methyl sites for hydroxylation is 1. The second kappa shape index (κ2) is 4.73. The molecular weight excluding hydrogens is 213 g/mol. The van der Waals surface area contributed by atoms with Crippen LogP contribution in [0.3, 0.4) is 0 Å². The van der Waals surface area contributed by atoms with Crippen LogP contribution in [0.15, 0.2) is 43.0 Å². The molecule has 1 aromatic rings. The van der Waals surface area contributed by atoms with Gasteiger partial charge in [-0.1, -0.05) is 36.4 Å². The van der Waals surface area contributed by atoms with E-state index < -0.39 is 11.6 Å². The van der Waals surface area contributed by atoms with Gasteiger partial charge >= 0.3 is 6.18 Å². The minimum Gasteiger partial charge on any atom is -0.170 e. The quantitative estimate of drug-likeness (QED) is 0.671. The van der Waals surface area contributed by atoms with Crippen LogP contribution >= 0.6 is 0 Å². The molecule has 3 heteroatoms. The van der Waals surface area contributed by atoms with Crippen molar-refractivity contribution in [1.82, 2.24) is 0 Å². The molecule has 1 aromatic carbocycles. The number of hydrogen-bond donors (Lipinski definition) is 0. The Kier molecular flexibility index (Phi) is 3.79. The van der Waals surface area contributed by atoms with Gasteiger partial charge in [-0.3, -0.25) is 0 Å². The van der Waals surface area contributed by atoms with Crippen LogP contribution in [0.1, 0.15) is 18.9 Å². The summed E-state index contributed by atoms with van der Waals surface area (Å²) in [7, 11) is 0. The first-order valence-electron chi connectivity index (χ1n) is 5.13. The van der Waals surface area contributed by atoms with Gasteiger partial charge in [0.15, 0.2) is 0 Å². The molecule has 0 aliphatic rings. The van der Waals surface area contributed by atoms with Crippen LogP contribution in [-0.2, 0) is 6.42 Å². The monoisotopic (exact) mass is 228 g/mol. The van der Waals surface area contributed by atoms with Crippen molar-refractivity contribution in [2.75, 3.05) is 0 Å². The predicted molar refractivity (Wildman–Crippen MR) is 59.1 cm³/mol.